The number of nitrogens with one attached hydrogen (secondary N) is 1. The summed E-state index contributed by atoms with van der Waals surface area (Å²) in [6.07, 6.45) is 3.13. The number of ether oxygens (including phenoxy) is 1. The normalized spacial score (nSPS) is 14.4. The van der Waals surface area contributed by atoms with Gasteiger partial charge in [0.05, 0.1) is 9.93 Å². The average molecular weight is 507 g/mol. The molecule has 4 rings (SSSR count). The molecule has 3 amide bonds. The lowest BCUT2D eigenvalue weighted by Crippen LogP contribution is -2.29. The van der Waals surface area contributed by atoms with E-state index < -0.39 is 0 Å². The monoisotopic (exact) mass is 506 g/mol. The molecule has 178 valence electrons. The first kappa shape index (κ1) is 24.6. The van der Waals surface area contributed by atoms with Gasteiger partial charge in [0.25, 0.3) is 17.1 Å². The Morgan fingerprint density at radius 1 is 1.00 bits per heavy atom. The van der Waals surface area contributed by atoms with Crippen molar-refractivity contribution in [3.8, 4) is 5.75 Å². The topological polar surface area (TPSA) is 75.7 Å². The molecule has 0 aromatic heterocycles. The van der Waals surface area contributed by atoms with Crippen LogP contribution in [0, 0.1) is 0 Å². The second-order valence-corrected chi connectivity index (χ2v) is 9.22. The van der Waals surface area contributed by atoms with Gasteiger partial charge in [0, 0.05) is 12.2 Å². The van der Waals surface area contributed by atoms with Gasteiger partial charge >= 0.3 is 0 Å². The summed E-state index contributed by atoms with van der Waals surface area (Å²) in [6, 6.07) is 24.0. The summed E-state index contributed by atoms with van der Waals surface area (Å²) < 4.78 is 5.53. The molecule has 1 aliphatic heterocycles. The van der Waals surface area contributed by atoms with Crippen molar-refractivity contribution in [2.45, 2.75) is 12.8 Å². The molecular weight excluding hydrogens is 484 g/mol. The number of imide groups is 1. The molecular formula is C27H23ClN2O4S. The second-order valence-electron chi connectivity index (χ2n) is 7.82. The first-order valence-electron chi connectivity index (χ1n) is 11.1. The van der Waals surface area contributed by atoms with Crippen molar-refractivity contribution in [1.82, 2.24) is 4.90 Å². The zero-order chi connectivity index (χ0) is 24.6. The number of hydrogen-bond acceptors (Lipinski definition) is 5. The molecule has 0 radical (unpaired) electrons. The molecule has 0 saturated carbocycles. The van der Waals surface area contributed by atoms with E-state index >= 15 is 0 Å². The number of carbonyl (C=O) groups is 3. The Morgan fingerprint density at radius 3 is 2.43 bits per heavy atom. The van der Waals surface area contributed by atoms with E-state index in [0.29, 0.717) is 39.9 Å². The summed E-state index contributed by atoms with van der Waals surface area (Å²) in [7, 11) is 0. The largest absolute Gasteiger partial charge is 0.482 e. The van der Waals surface area contributed by atoms with Crippen LogP contribution in [0.15, 0.2) is 83.8 Å². The van der Waals surface area contributed by atoms with Gasteiger partial charge in [0.15, 0.2) is 6.61 Å². The Balaban J connectivity index is 1.32. The molecule has 8 heteroatoms. The van der Waals surface area contributed by atoms with Crippen LogP contribution in [0.5, 0.6) is 5.75 Å². The molecule has 3 aromatic carbocycles. The molecule has 6 nitrogen and oxygen atoms in total. The minimum atomic E-state index is -0.308. The summed E-state index contributed by atoms with van der Waals surface area (Å²) in [4.78, 5) is 38.8. The van der Waals surface area contributed by atoms with Gasteiger partial charge in [-0.15, -0.1) is 0 Å². The highest BCUT2D eigenvalue weighted by molar-refractivity contribution is 8.18. The molecule has 3 aromatic rings. The number of hydrogen-bond donors (Lipinski definition) is 1. The smallest absolute Gasteiger partial charge is 0.293 e. The van der Waals surface area contributed by atoms with Gasteiger partial charge in [-0.2, -0.15) is 0 Å². The number of anilines is 1. The number of thioether (sulfide) groups is 1. The fourth-order valence-corrected chi connectivity index (χ4v) is 4.62. The fraction of sp³-hybridized carbons (Fsp3) is 0.148. The average Bonchev–Trinajstić information content (AvgIpc) is 3.12. The number of benzene rings is 3. The SMILES string of the molecule is O=C(COc1ccc(/C=C2/SC(=O)N(CCCc3ccccc3)C2=O)cc1Cl)Nc1ccccc1. The lowest BCUT2D eigenvalue weighted by molar-refractivity contribution is -0.122. The highest BCUT2D eigenvalue weighted by Crippen LogP contribution is 2.34. The van der Waals surface area contributed by atoms with Crippen molar-refractivity contribution in [1.29, 1.82) is 0 Å². The highest BCUT2D eigenvalue weighted by Gasteiger charge is 2.34. The molecule has 1 N–H and O–H groups in total. The van der Waals surface area contributed by atoms with Gasteiger partial charge in [0.2, 0.25) is 0 Å². The van der Waals surface area contributed by atoms with Gasteiger partial charge in [-0.05, 0) is 66.1 Å². The van der Waals surface area contributed by atoms with Crippen LogP contribution in [0.2, 0.25) is 5.02 Å². The van der Waals surface area contributed by atoms with Gasteiger partial charge in [-0.3, -0.25) is 19.3 Å². The molecule has 0 atom stereocenters. The minimum absolute atomic E-state index is 0.199. The molecule has 0 unspecified atom stereocenters. The van der Waals surface area contributed by atoms with Crippen molar-refractivity contribution in [3.05, 3.63) is 99.9 Å². The third-order valence-electron chi connectivity index (χ3n) is 5.23. The second kappa shape index (κ2) is 11.7. The summed E-state index contributed by atoms with van der Waals surface area (Å²) in [6.45, 7) is 0.172. The lowest BCUT2D eigenvalue weighted by Gasteiger charge is -2.12. The summed E-state index contributed by atoms with van der Waals surface area (Å²) in [5, 5.41) is 2.76. The zero-order valence-electron chi connectivity index (χ0n) is 18.8. The van der Waals surface area contributed by atoms with Crippen LogP contribution in [-0.2, 0) is 16.0 Å². The minimum Gasteiger partial charge on any atom is -0.482 e. The summed E-state index contributed by atoms with van der Waals surface area (Å²) in [5.74, 6) is -0.263. The Labute approximate surface area is 212 Å². The zero-order valence-corrected chi connectivity index (χ0v) is 20.4. The first-order valence-corrected chi connectivity index (χ1v) is 12.3. The quantitative estimate of drug-likeness (QED) is 0.359. The van der Waals surface area contributed by atoms with Crippen molar-refractivity contribution < 1.29 is 19.1 Å². The maximum atomic E-state index is 12.8. The van der Waals surface area contributed by atoms with Crippen LogP contribution >= 0.6 is 23.4 Å². The van der Waals surface area contributed by atoms with Crippen LogP contribution in [0.25, 0.3) is 6.08 Å². The van der Waals surface area contributed by atoms with E-state index in [2.05, 4.69) is 5.32 Å². The number of halogens is 1. The van der Waals surface area contributed by atoms with E-state index in [1.807, 2.05) is 48.5 Å². The van der Waals surface area contributed by atoms with Crippen molar-refractivity contribution in [2.24, 2.45) is 0 Å². The Morgan fingerprint density at radius 2 is 1.71 bits per heavy atom. The number of nitrogens with zero attached hydrogens (tertiary/aromatic N) is 1. The summed E-state index contributed by atoms with van der Waals surface area (Å²) in [5.41, 5.74) is 2.51. The fourth-order valence-electron chi connectivity index (χ4n) is 3.52. The predicted octanol–water partition coefficient (Wildman–Crippen LogP) is 6.03. The van der Waals surface area contributed by atoms with Gasteiger partial charge in [-0.1, -0.05) is 66.2 Å². The van der Waals surface area contributed by atoms with Gasteiger partial charge < -0.3 is 10.1 Å². The van der Waals surface area contributed by atoms with Crippen LogP contribution in [0.1, 0.15) is 17.5 Å². The molecule has 0 aliphatic carbocycles. The van der Waals surface area contributed by atoms with Crippen LogP contribution in [-0.4, -0.2) is 35.1 Å². The highest BCUT2D eigenvalue weighted by atomic mass is 35.5. The van der Waals surface area contributed by atoms with Crippen LogP contribution in [0.4, 0.5) is 10.5 Å². The maximum Gasteiger partial charge on any atom is 0.293 e. The van der Waals surface area contributed by atoms with E-state index in [4.69, 9.17) is 16.3 Å². The predicted molar refractivity (Wildman–Crippen MR) is 139 cm³/mol. The lowest BCUT2D eigenvalue weighted by atomic mass is 10.1. The van der Waals surface area contributed by atoms with Crippen molar-refractivity contribution in [3.63, 3.8) is 0 Å². The molecule has 1 heterocycles. The molecule has 0 spiro atoms. The Hall–Kier alpha value is -3.55. The molecule has 35 heavy (non-hydrogen) atoms. The Bertz CT molecular complexity index is 1250. The number of aryl methyl sites for hydroxylation is 1. The number of carbonyl (C=O) groups excluding carboxylic acids is 3. The van der Waals surface area contributed by atoms with Crippen molar-refractivity contribution in [2.75, 3.05) is 18.5 Å². The molecule has 1 aliphatic rings. The summed E-state index contributed by atoms with van der Waals surface area (Å²) >= 11 is 7.24. The van der Waals surface area contributed by atoms with Gasteiger partial charge in [0.1, 0.15) is 5.75 Å². The van der Waals surface area contributed by atoms with Crippen molar-refractivity contribution >= 4 is 52.2 Å². The van der Waals surface area contributed by atoms with E-state index in [0.717, 1.165) is 18.2 Å². The maximum absolute atomic E-state index is 12.8. The first-order chi connectivity index (χ1) is 17.0. The molecule has 0 bridgehead atoms. The number of para-hydroxylation sites is 1. The van der Waals surface area contributed by atoms with Gasteiger partial charge in [-0.25, -0.2) is 0 Å². The molecule has 1 fully saturated rings. The molecule has 1 saturated heterocycles. The Kier molecular flexibility index (Phi) is 8.23. The third-order valence-corrected chi connectivity index (χ3v) is 6.44. The van der Waals surface area contributed by atoms with E-state index in [9.17, 15) is 14.4 Å². The van der Waals surface area contributed by atoms with E-state index in [1.165, 1.54) is 10.5 Å². The third kappa shape index (κ3) is 6.74. The van der Waals surface area contributed by atoms with Crippen LogP contribution in [0.3, 0.4) is 0 Å². The standard InChI is InChI=1S/C27H23ClN2O4S/c28-22-16-20(13-14-23(22)34-18-25(31)29-21-11-5-2-6-12-21)17-24-26(32)30(27(33)35-24)15-7-10-19-8-3-1-4-9-19/h1-6,8-9,11-14,16-17H,7,10,15,18H2,(H,29,31)/b24-17+. The van der Waals surface area contributed by atoms with E-state index in [1.54, 1.807) is 36.4 Å². The number of amides is 3. The van der Waals surface area contributed by atoms with Crippen LogP contribution < -0.4 is 10.1 Å². The number of rotatable bonds is 9. The van der Waals surface area contributed by atoms with E-state index in [-0.39, 0.29) is 23.7 Å².